The van der Waals surface area contributed by atoms with Crippen LogP contribution in [0, 0.1) is 3.57 Å². The summed E-state index contributed by atoms with van der Waals surface area (Å²) in [5.41, 5.74) is 8.73. The topological polar surface area (TPSA) is 99.0 Å². The van der Waals surface area contributed by atoms with Gasteiger partial charge in [0, 0.05) is 45.5 Å². The first-order valence-electron chi connectivity index (χ1n) is 12.9. The number of nitrogens with zero attached hydrogens (tertiary/aromatic N) is 3. The molecule has 3 N–H and O–H groups in total. The van der Waals surface area contributed by atoms with Crippen LogP contribution in [0.2, 0.25) is 10.0 Å². The van der Waals surface area contributed by atoms with Gasteiger partial charge in [-0.05, 0) is 83.1 Å². The molecule has 2 heterocycles. The van der Waals surface area contributed by atoms with Crippen LogP contribution in [0.15, 0.2) is 60.7 Å². The number of anilines is 2. The Labute approximate surface area is 268 Å². The van der Waals surface area contributed by atoms with E-state index in [0.29, 0.717) is 64.3 Å². The quantitative estimate of drug-likeness (QED) is 0.274. The van der Waals surface area contributed by atoms with Gasteiger partial charge in [0.25, 0.3) is 11.8 Å². The van der Waals surface area contributed by atoms with Gasteiger partial charge in [-0.1, -0.05) is 41.4 Å². The van der Waals surface area contributed by atoms with Crippen molar-refractivity contribution in [3.05, 3.63) is 91.0 Å². The van der Waals surface area contributed by atoms with Crippen molar-refractivity contribution in [3.8, 4) is 0 Å². The molecule has 2 unspecified atom stereocenters. The van der Waals surface area contributed by atoms with Gasteiger partial charge in [-0.2, -0.15) is 0 Å². The Balaban J connectivity index is 0.00000387. The number of piperazine rings is 1. The molecule has 0 radical (unpaired) electrons. The van der Waals surface area contributed by atoms with Crippen LogP contribution in [-0.4, -0.2) is 60.2 Å². The molecule has 3 amide bonds. The SMILES string of the molecule is CC(c1ccc(Cl)cc1N)N1C(=O)c2cc(I)ccc2N(CC(=O)N2CCNCC2)C(=O)C1c1ccc(Cl)cc1.Cl. The lowest BCUT2D eigenvalue weighted by Crippen LogP contribution is -2.51. The Hall–Kier alpha value is -2.57. The fourth-order valence-corrected chi connectivity index (χ4v) is 6.09. The second-order valence-electron chi connectivity index (χ2n) is 9.83. The first-order valence-corrected chi connectivity index (χ1v) is 14.7. The molecule has 1 saturated heterocycles. The average molecular weight is 729 g/mol. The van der Waals surface area contributed by atoms with E-state index in [0.717, 1.165) is 3.57 Å². The zero-order chi connectivity index (χ0) is 28.6. The van der Waals surface area contributed by atoms with E-state index in [9.17, 15) is 14.4 Å². The van der Waals surface area contributed by atoms with Gasteiger partial charge in [0.1, 0.15) is 12.6 Å². The molecule has 0 spiro atoms. The van der Waals surface area contributed by atoms with Crippen molar-refractivity contribution in [2.45, 2.75) is 19.0 Å². The summed E-state index contributed by atoms with van der Waals surface area (Å²) >= 11 is 14.5. The molecule has 0 aliphatic carbocycles. The molecule has 3 aromatic rings. The molecule has 8 nitrogen and oxygen atoms in total. The summed E-state index contributed by atoms with van der Waals surface area (Å²) in [5.74, 6) is -0.913. The summed E-state index contributed by atoms with van der Waals surface area (Å²) in [7, 11) is 0. The Morgan fingerprint density at radius 2 is 1.68 bits per heavy atom. The molecule has 2 atom stereocenters. The number of nitrogens with two attached hydrogens (primary N) is 1. The Morgan fingerprint density at radius 3 is 2.34 bits per heavy atom. The maximum atomic E-state index is 14.6. The zero-order valence-electron chi connectivity index (χ0n) is 22.1. The molecule has 3 aromatic carbocycles. The van der Waals surface area contributed by atoms with Gasteiger partial charge in [-0.3, -0.25) is 14.4 Å². The largest absolute Gasteiger partial charge is 0.398 e. The number of nitrogen functional groups attached to an aromatic ring is 1. The van der Waals surface area contributed by atoms with Crippen LogP contribution >= 0.6 is 58.2 Å². The summed E-state index contributed by atoms with van der Waals surface area (Å²) in [6.07, 6.45) is 0. The number of fused-ring (bicyclic) bond motifs is 1. The zero-order valence-corrected chi connectivity index (χ0v) is 26.6. The predicted molar refractivity (Wildman–Crippen MR) is 173 cm³/mol. The maximum Gasteiger partial charge on any atom is 0.257 e. The molecule has 12 heteroatoms. The molecule has 2 aliphatic rings. The third kappa shape index (κ3) is 6.44. The van der Waals surface area contributed by atoms with Crippen LogP contribution in [0.4, 0.5) is 11.4 Å². The van der Waals surface area contributed by atoms with Gasteiger partial charge in [0.15, 0.2) is 0 Å². The number of nitrogens with one attached hydrogen (secondary N) is 1. The standard InChI is InChI=1S/C29H28Cl2IN5O3.ClH/c1-17(22-8-6-20(31)14-24(22)33)37-27(18-2-4-19(30)5-3-18)29(40)36(16-26(38)35-12-10-34-11-13-35)25-9-7-21(32)15-23(25)28(37)39;/h2-9,14-15,17,27,34H,10-13,16,33H2,1H3;1H. The van der Waals surface area contributed by atoms with Gasteiger partial charge >= 0.3 is 0 Å². The number of carbonyl (C=O) groups excluding carboxylic acids is 3. The lowest BCUT2D eigenvalue weighted by Gasteiger charge is -2.36. The monoisotopic (exact) mass is 727 g/mol. The highest BCUT2D eigenvalue weighted by molar-refractivity contribution is 14.1. The summed E-state index contributed by atoms with van der Waals surface area (Å²) in [4.78, 5) is 47.2. The number of benzene rings is 3. The third-order valence-electron chi connectivity index (χ3n) is 7.36. The van der Waals surface area contributed by atoms with Crippen molar-refractivity contribution in [2.75, 3.05) is 43.4 Å². The van der Waals surface area contributed by atoms with Gasteiger partial charge < -0.3 is 25.8 Å². The molecular weight excluding hydrogens is 700 g/mol. The first kappa shape index (κ1) is 31.4. The Bertz CT molecular complexity index is 1470. The normalized spacial score (nSPS) is 18.0. The fraction of sp³-hybridized carbons (Fsp3) is 0.276. The first-order chi connectivity index (χ1) is 19.2. The van der Waals surface area contributed by atoms with E-state index >= 15 is 0 Å². The molecule has 0 aromatic heterocycles. The fourth-order valence-electron chi connectivity index (χ4n) is 5.29. The minimum Gasteiger partial charge on any atom is -0.398 e. The van der Waals surface area contributed by atoms with Crippen molar-refractivity contribution in [1.29, 1.82) is 0 Å². The number of hydrogen-bond acceptors (Lipinski definition) is 5. The van der Waals surface area contributed by atoms with Crippen LogP contribution in [0.1, 0.15) is 40.5 Å². The highest BCUT2D eigenvalue weighted by Gasteiger charge is 2.44. The van der Waals surface area contributed by atoms with Gasteiger partial charge in [-0.25, -0.2) is 0 Å². The smallest absolute Gasteiger partial charge is 0.257 e. The number of amides is 3. The molecule has 2 aliphatic heterocycles. The van der Waals surface area contributed by atoms with E-state index in [1.54, 1.807) is 64.4 Å². The lowest BCUT2D eigenvalue weighted by molar-refractivity contribution is -0.132. The molecule has 5 rings (SSSR count). The second-order valence-corrected chi connectivity index (χ2v) is 12.0. The van der Waals surface area contributed by atoms with Gasteiger partial charge in [-0.15, -0.1) is 12.4 Å². The van der Waals surface area contributed by atoms with E-state index in [1.165, 1.54) is 4.90 Å². The summed E-state index contributed by atoms with van der Waals surface area (Å²) in [6, 6.07) is 15.6. The van der Waals surface area contributed by atoms with Gasteiger partial charge in [0.2, 0.25) is 5.91 Å². The van der Waals surface area contributed by atoms with Crippen molar-refractivity contribution in [3.63, 3.8) is 0 Å². The Morgan fingerprint density at radius 1 is 1.02 bits per heavy atom. The van der Waals surface area contributed by atoms with Crippen molar-refractivity contribution < 1.29 is 14.4 Å². The second kappa shape index (κ2) is 13.2. The molecule has 0 saturated carbocycles. The number of carbonyl (C=O) groups is 3. The summed E-state index contributed by atoms with van der Waals surface area (Å²) in [6.45, 7) is 4.14. The van der Waals surface area contributed by atoms with E-state index in [4.69, 9.17) is 28.9 Å². The van der Waals surface area contributed by atoms with E-state index in [-0.39, 0.29) is 30.8 Å². The maximum absolute atomic E-state index is 14.6. The van der Waals surface area contributed by atoms with Crippen molar-refractivity contribution >= 4 is 87.3 Å². The van der Waals surface area contributed by atoms with E-state index < -0.39 is 18.0 Å². The Kier molecular flexibility index (Phi) is 10.1. The molecule has 41 heavy (non-hydrogen) atoms. The van der Waals surface area contributed by atoms with Crippen molar-refractivity contribution in [2.24, 2.45) is 0 Å². The highest BCUT2D eigenvalue weighted by atomic mass is 127. The predicted octanol–water partition coefficient (Wildman–Crippen LogP) is 5.33. The average Bonchev–Trinajstić information content (AvgIpc) is 3.02. The van der Waals surface area contributed by atoms with Crippen molar-refractivity contribution in [1.82, 2.24) is 15.1 Å². The van der Waals surface area contributed by atoms with E-state index in [2.05, 4.69) is 27.9 Å². The van der Waals surface area contributed by atoms with Crippen LogP contribution < -0.4 is 16.0 Å². The van der Waals surface area contributed by atoms with Crippen LogP contribution in [0.5, 0.6) is 0 Å². The van der Waals surface area contributed by atoms with Crippen LogP contribution in [-0.2, 0) is 9.59 Å². The van der Waals surface area contributed by atoms with Gasteiger partial charge in [0.05, 0.1) is 17.3 Å². The minimum absolute atomic E-state index is 0. The number of halogens is 4. The summed E-state index contributed by atoms with van der Waals surface area (Å²) in [5, 5.41) is 4.21. The number of rotatable bonds is 5. The minimum atomic E-state index is -1.05. The molecule has 0 bridgehead atoms. The number of hydrogen-bond donors (Lipinski definition) is 2. The van der Waals surface area contributed by atoms with E-state index in [1.807, 2.05) is 13.0 Å². The third-order valence-corrected chi connectivity index (χ3v) is 8.52. The molecule has 1 fully saturated rings. The lowest BCUT2D eigenvalue weighted by atomic mass is 9.97. The molecular formula is C29H29Cl3IN5O3. The van der Waals surface area contributed by atoms with Crippen LogP contribution in [0.3, 0.4) is 0 Å². The summed E-state index contributed by atoms with van der Waals surface area (Å²) < 4.78 is 0.828. The molecule has 216 valence electrons. The highest BCUT2D eigenvalue weighted by Crippen LogP contribution is 2.41. The van der Waals surface area contributed by atoms with Crippen LogP contribution in [0.25, 0.3) is 0 Å².